The Morgan fingerprint density at radius 2 is 1.86 bits per heavy atom. The highest BCUT2D eigenvalue weighted by molar-refractivity contribution is 5.78. The summed E-state index contributed by atoms with van der Waals surface area (Å²) in [5.41, 5.74) is 3.61. The largest absolute Gasteiger partial charge is 0.481 e. The zero-order chi connectivity index (χ0) is 20.5. The van der Waals surface area contributed by atoms with Crippen molar-refractivity contribution in [2.75, 3.05) is 19.8 Å². The quantitative estimate of drug-likeness (QED) is 0.580. The van der Waals surface area contributed by atoms with Crippen molar-refractivity contribution in [1.82, 2.24) is 4.98 Å². The van der Waals surface area contributed by atoms with E-state index >= 15 is 0 Å². The SMILES string of the molecule is CCOC(COc1cc(-c2cccc(C(C)C)c2CC(=O)O)ccn1)OCC. The van der Waals surface area contributed by atoms with Gasteiger partial charge in [0.2, 0.25) is 5.88 Å². The van der Waals surface area contributed by atoms with Crippen LogP contribution in [-0.4, -0.2) is 42.2 Å². The Morgan fingerprint density at radius 1 is 1.14 bits per heavy atom. The standard InChI is InChI=1S/C22H29NO5/c1-5-26-22(27-6-2)14-28-20-12-16(10-11-23-20)18-9-7-8-17(15(3)4)19(18)13-21(24)25/h7-12,15,22H,5-6,13-14H2,1-4H3,(H,24,25). The van der Waals surface area contributed by atoms with Crippen LogP contribution in [0.25, 0.3) is 11.1 Å². The molecule has 0 aliphatic rings. The molecule has 0 saturated carbocycles. The van der Waals surface area contributed by atoms with E-state index in [0.29, 0.717) is 19.1 Å². The Morgan fingerprint density at radius 3 is 2.46 bits per heavy atom. The Kier molecular flexibility index (Phi) is 8.42. The maximum Gasteiger partial charge on any atom is 0.307 e. The highest BCUT2D eigenvalue weighted by Gasteiger charge is 2.16. The van der Waals surface area contributed by atoms with E-state index in [1.54, 1.807) is 6.20 Å². The molecule has 152 valence electrons. The molecule has 6 heteroatoms. The molecular weight excluding hydrogens is 358 g/mol. The molecule has 0 fully saturated rings. The fraction of sp³-hybridized carbons (Fsp3) is 0.455. The van der Waals surface area contributed by atoms with Gasteiger partial charge in [-0.1, -0.05) is 32.0 Å². The summed E-state index contributed by atoms with van der Waals surface area (Å²) in [6.07, 6.45) is 1.18. The van der Waals surface area contributed by atoms with Crippen molar-refractivity contribution in [3.8, 4) is 17.0 Å². The van der Waals surface area contributed by atoms with Crippen molar-refractivity contribution in [1.29, 1.82) is 0 Å². The van der Waals surface area contributed by atoms with Crippen LogP contribution in [0.15, 0.2) is 36.5 Å². The fourth-order valence-corrected chi connectivity index (χ4v) is 3.09. The van der Waals surface area contributed by atoms with Crippen molar-refractivity contribution in [2.45, 2.75) is 46.3 Å². The Labute approximate surface area is 166 Å². The molecule has 1 aromatic heterocycles. The van der Waals surface area contributed by atoms with Gasteiger partial charge in [-0.25, -0.2) is 4.98 Å². The average Bonchev–Trinajstić information content (AvgIpc) is 2.66. The maximum absolute atomic E-state index is 11.4. The molecule has 6 nitrogen and oxygen atoms in total. The molecule has 0 bridgehead atoms. The number of ether oxygens (including phenoxy) is 3. The van der Waals surface area contributed by atoms with Crippen molar-refractivity contribution in [2.24, 2.45) is 0 Å². The van der Waals surface area contributed by atoms with Crippen LogP contribution >= 0.6 is 0 Å². The topological polar surface area (TPSA) is 77.9 Å². The fourth-order valence-electron chi connectivity index (χ4n) is 3.09. The van der Waals surface area contributed by atoms with Gasteiger partial charge in [0.1, 0.15) is 6.61 Å². The Hall–Kier alpha value is -2.44. The molecule has 0 spiro atoms. The first-order valence-corrected chi connectivity index (χ1v) is 9.62. The van der Waals surface area contributed by atoms with Gasteiger partial charge in [0.05, 0.1) is 6.42 Å². The highest BCUT2D eigenvalue weighted by atomic mass is 16.7. The lowest BCUT2D eigenvalue weighted by Gasteiger charge is -2.18. The van der Waals surface area contributed by atoms with Gasteiger partial charge in [0.15, 0.2) is 6.29 Å². The summed E-state index contributed by atoms with van der Waals surface area (Å²) < 4.78 is 16.7. The number of rotatable bonds is 11. The monoisotopic (exact) mass is 387 g/mol. The molecule has 1 aromatic carbocycles. The van der Waals surface area contributed by atoms with E-state index in [-0.39, 0.29) is 18.9 Å². The summed E-state index contributed by atoms with van der Waals surface area (Å²) in [6, 6.07) is 9.56. The number of carboxylic acid groups (broad SMARTS) is 1. The molecule has 1 N–H and O–H groups in total. The molecule has 0 amide bonds. The van der Waals surface area contributed by atoms with Gasteiger partial charge in [-0.05, 0) is 48.1 Å². The van der Waals surface area contributed by atoms with Gasteiger partial charge in [-0.2, -0.15) is 0 Å². The highest BCUT2D eigenvalue weighted by Crippen LogP contribution is 2.31. The average molecular weight is 387 g/mol. The van der Waals surface area contributed by atoms with Crippen LogP contribution in [0.1, 0.15) is 44.7 Å². The second-order valence-electron chi connectivity index (χ2n) is 6.63. The number of nitrogens with zero attached hydrogens (tertiary/aromatic N) is 1. The van der Waals surface area contributed by atoms with E-state index in [0.717, 1.165) is 22.3 Å². The molecule has 0 aliphatic carbocycles. The zero-order valence-corrected chi connectivity index (χ0v) is 17.0. The molecule has 0 aliphatic heterocycles. The number of hydrogen-bond acceptors (Lipinski definition) is 5. The van der Waals surface area contributed by atoms with Gasteiger partial charge in [-0.15, -0.1) is 0 Å². The maximum atomic E-state index is 11.4. The van der Waals surface area contributed by atoms with E-state index in [9.17, 15) is 9.90 Å². The number of pyridine rings is 1. The predicted octanol–water partition coefficient (Wildman–Crippen LogP) is 4.28. The minimum atomic E-state index is -0.851. The molecule has 0 atom stereocenters. The third-order valence-corrected chi connectivity index (χ3v) is 4.28. The zero-order valence-electron chi connectivity index (χ0n) is 17.0. The minimum Gasteiger partial charge on any atom is -0.481 e. The van der Waals surface area contributed by atoms with E-state index in [1.807, 2.05) is 44.2 Å². The Balaban J connectivity index is 2.30. The van der Waals surface area contributed by atoms with Crippen LogP contribution in [0, 0.1) is 0 Å². The van der Waals surface area contributed by atoms with E-state index in [1.165, 1.54) is 0 Å². The molecule has 28 heavy (non-hydrogen) atoms. The van der Waals surface area contributed by atoms with Crippen LogP contribution in [0.4, 0.5) is 0 Å². The smallest absolute Gasteiger partial charge is 0.307 e. The number of carbonyl (C=O) groups is 1. The van der Waals surface area contributed by atoms with Crippen molar-refractivity contribution >= 4 is 5.97 Å². The minimum absolute atomic E-state index is 0.0288. The van der Waals surface area contributed by atoms with Gasteiger partial charge in [0.25, 0.3) is 0 Å². The third-order valence-electron chi connectivity index (χ3n) is 4.28. The summed E-state index contributed by atoms with van der Waals surface area (Å²) >= 11 is 0. The van der Waals surface area contributed by atoms with Gasteiger partial charge < -0.3 is 19.3 Å². The lowest BCUT2D eigenvalue weighted by Crippen LogP contribution is -2.25. The molecule has 2 aromatic rings. The molecule has 2 rings (SSSR count). The number of carboxylic acids is 1. The van der Waals surface area contributed by atoms with Crippen LogP contribution in [0.5, 0.6) is 5.88 Å². The van der Waals surface area contributed by atoms with Gasteiger partial charge in [0, 0.05) is 25.5 Å². The summed E-state index contributed by atoms with van der Waals surface area (Å²) in [5, 5.41) is 9.38. The summed E-state index contributed by atoms with van der Waals surface area (Å²) in [6.45, 7) is 9.21. The van der Waals surface area contributed by atoms with Gasteiger partial charge >= 0.3 is 5.97 Å². The first-order valence-electron chi connectivity index (χ1n) is 9.62. The Bertz CT molecular complexity index is 769. The number of aliphatic carboxylic acids is 1. The molecule has 1 heterocycles. The van der Waals surface area contributed by atoms with E-state index < -0.39 is 12.3 Å². The lowest BCUT2D eigenvalue weighted by atomic mass is 9.89. The van der Waals surface area contributed by atoms with E-state index in [4.69, 9.17) is 14.2 Å². The first kappa shape index (κ1) is 21.9. The van der Waals surface area contributed by atoms with Crippen LogP contribution in [0.2, 0.25) is 0 Å². The van der Waals surface area contributed by atoms with Crippen molar-refractivity contribution < 1.29 is 24.1 Å². The summed E-state index contributed by atoms with van der Waals surface area (Å²) in [5.74, 6) is -0.181. The number of benzene rings is 1. The van der Waals surface area contributed by atoms with Crippen LogP contribution in [0.3, 0.4) is 0 Å². The molecule has 0 saturated heterocycles. The van der Waals surface area contributed by atoms with E-state index in [2.05, 4.69) is 18.8 Å². The lowest BCUT2D eigenvalue weighted by molar-refractivity contribution is -0.152. The summed E-state index contributed by atoms with van der Waals surface area (Å²) in [7, 11) is 0. The van der Waals surface area contributed by atoms with Gasteiger partial charge in [-0.3, -0.25) is 4.79 Å². The molecule has 0 unspecified atom stereocenters. The second-order valence-corrected chi connectivity index (χ2v) is 6.63. The first-order chi connectivity index (χ1) is 13.5. The van der Waals surface area contributed by atoms with Crippen molar-refractivity contribution in [3.63, 3.8) is 0 Å². The second kappa shape index (κ2) is 10.8. The number of aromatic nitrogens is 1. The predicted molar refractivity (Wildman–Crippen MR) is 108 cm³/mol. The van der Waals surface area contributed by atoms with Crippen molar-refractivity contribution in [3.05, 3.63) is 47.7 Å². The molecule has 0 radical (unpaired) electrons. The summed E-state index contributed by atoms with van der Waals surface area (Å²) in [4.78, 5) is 15.7. The van der Waals surface area contributed by atoms with Crippen LogP contribution in [-0.2, 0) is 20.7 Å². The third kappa shape index (κ3) is 6.04. The molecular formula is C22H29NO5. The normalized spacial score (nSPS) is 11.2. The number of hydrogen-bond donors (Lipinski definition) is 1. The van der Waals surface area contributed by atoms with Crippen LogP contribution < -0.4 is 4.74 Å².